The number of pyridine rings is 1. The zero-order valence-corrected chi connectivity index (χ0v) is 12.3. The Balaban J connectivity index is 2.72. The van der Waals surface area contributed by atoms with Gasteiger partial charge in [0, 0.05) is 33.3 Å². The molecule has 0 aliphatic heterocycles. The fourth-order valence-corrected chi connectivity index (χ4v) is 1.88. The van der Waals surface area contributed by atoms with Crippen LogP contribution >= 0.6 is 11.6 Å². The van der Waals surface area contributed by atoms with Crippen LogP contribution in [-0.2, 0) is 11.3 Å². The summed E-state index contributed by atoms with van der Waals surface area (Å²) in [6.45, 7) is 5.47. The number of hydrogen-bond acceptors (Lipinski definition) is 5. The number of aromatic nitrogens is 1. The van der Waals surface area contributed by atoms with E-state index in [9.17, 15) is 0 Å². The highest BCUT2D eigenvalue weighted by molar-refractivity contribution is 6.31. The Labute approximate surface area is 119 Å². The lowest BCUT2D eigenvalue weighted by atomic mass is 10.3. The number of halogens is 1. The van der Waals surface area contributed by atoms with Crippen molar-refractivity contribution in [3.05, 3.63) is 22.8 Å². The maximum atomic E-state index is 9.07. The van der Waals surface area contributed by atoms with Crippen LogP contribution in [0.3, 0.4) is 0 Å². The summed E-state index contributed by atoms with van der Waals surface area (Å²) < 4.78 is 5.06. The van der Waals surface area contributed by atoms with E-state index in [1.54, 1.807) is 7.11 Å². The zero-order valence-electron chi connectivity index (χ0n) is 11.5. The summed E-state index contributed by atoms with van der Waals surface area (Å²) >= 11 is 6.16. The van der Waals surface area contributed by atoms with Gasteiger partial charge in [0.05, 0.1) is 23.9 Å². The van der Waals surface area contributed by atoms with E-state index in [4.69, 9.17) is 21.4 Å². The number of nitrogens with one attached hydrogen (secondary N) is 1. The molecule has 108 valence electrons. The normalized spacial score (nSPS) is 11.0. The van der Waals surface area contributed by atoms with Crippen LogP contribution in [-0.4, -0.2) is 54.9 Å². The Kier molecular flexibility index (Phi) is 7.74. The topological polar surface area (TPSA) is 57.6 Å². The largest absolute Gasteiger partial charge is 0.395 e. The molecule has 0 spiro atoms. The first kappa shape index (κ1) is 16.2. The average molecular weight is 288 g/mol. The Morgan fingerprint density at radius 1 is 1.42 bits per heavy atom. The van der Waals surface area contributed by atoms with Crippen molar-refractivity contribution in [2.24, 2.45) is 0 Å². The lowest BCUT2D eigenvalue weighted by Gasteiger charge is -2.21. The van der Waals surface area contributed by atoms with Crippen LogP contribution in [0.4, 0.5) is 5.82 Å². The number of anilines is 1. The van der Waals surface area contributed by atoms with Crippen LogP contribution in [0.15, 0.2) is 12.1 Å². The second kappa shape index (κ2) is 9.09. The minimum atomic E-state index is 0.105. The van der Waals surface area contributed by atoms with Gasteiger partial charge in [0.15, 0.2) is 0 Å². The molecule has 0 amide bonds. The maximum absolute atomic E-state index is 9.07. The Morgan fingerprint density at radius 3 is 2.84 bits per heavy atom. The van der Waals surface area contributed by atoms with Gasteiger partial charge in [0.1, 0.15) is 5.82 Å². The number of nitrogens with zero attached hydrogens (tertiary/aromatic N) is 2. The number of rotatable bonds is 9. The summed E-state index contributed by atoms with van der Waals surface area (Å²) in [5, 5.41) is 12.9. The van der Waals surface area contributed by atoms with E-state index in [2.05, 4.69) is 15.2 Å². The van der Waals surface area contributed by atoms with Crippen LogP contribution in [0.5, 0.6) is 0 Å². The molecule has 0 unspecified atom stereocenters. The van der Waals surface area contributed by atoms with Gasteiger partial charge in [-0.1, -0.05) is 11.6 Å². The lowest BCUT2D eigenvalue weighted by Crippen LogP contribution is -2.30. The van der Waals surface area contributed by atoms with Crippen molar-refractivity contribution in [1.82, 2.24) is 9.88 Å². The van der Waals surface area contributed by atoms with E-state index < -0.39 is 0 Å². The summed E-state index contributed by atoms with van der Waals surface area (Å²) in [7, 11) is 1.66. The molecule has 0 saturated heterocycles. The van der Waals surface area contributed by atoms with Gasteiger partial charge in [-0.15, -0.1) is 0 Å². The molecular weight excluding hydrogens is 266 g/mol. The van der Waals surface area contributed by atoms with Crippen molar-refractivity contribution in [3.63, 3.8) is 0 Å². The molecule has 0 aliphatic carbocycles. The van der Waals surface area contributed by atoms with E-state index in [1.807, 2.05) is 19.1 Å². The molecule has 19 heavy (non-hydrogen) atoms. The Bertz CT molecular complexity index is 377. The third-order valence-corrected chi connectivity index (χ3v) is 3.02. The van der Waals surface area contributed by atoms with Gasteiger partial charge < -0.3 is 15.2 Å². The fourth-order valence-electron chi connectivity index (χ4n) is 1.72. The molecule has 0 radical (unpaired) electrons. The number of methoxy groups -OCH3 is 1. The molecule has 1 heterocycles. The number of aliphatic hydroxyl groups is 1. The smallest absolute Gasteiger partial charge is 0.126 e. The first-order chi connectivity index (χ1) is 9.21. The maximum Gasteiger partial charge on any atom is 0.126 e. The van der Waals surface area contributed by atoms with Crippen LogP contribution in [0.2, 0.25) is 5.02 Å². The minimum Gasteiger partial charge on any atom is -0.395 e. The van der Waals surface area contributed by atoms with Crippen LogP contribution in [0.1, 0.15) is 12.6 Å². The predicted octanol–water partition coefficient (Wildman–Crippen LogP) is 1.61. The van der Waals surface area contributed by atoms with Gasteiger partial charge in [-0.05, 0) is 19.1 Å². The van der Waals surface area contributed by atoms with Crippen molar-refractivity contribution < 1.29 is 9.84 Å². The third kappa shape index (κ3) is 5.74. The monoisotopic (exact) mass is 287 g/mol. The first-order valence-corrected chi connectivity index (χ1v) is 6.80. The highest BCUT2D eigenvalue weighted by Crippen LogP contribution is 2.18. The molecule has 1 rings (SSSR count). The molecule has 0 atom stereocenters. The van der Waals surface area contributed by atoms with E-state index in [1.165, 1.54) is 0 Å². The molecule has 1 aromatic rings. The van der Waals surface area contributed by atoms with Crippen molar-refractivity contribution in [2.75, 3.05) is 45.3 Å². The summed E-state index contributed by atoms with van der Waals surface area (Å²) in [5.41, 5.74) is 0.810. The zero-order chi connectivity index (χ0) is 14.1. The highest BCUT2D eigenvalue weighted by atomic mass is 35.5. The molecule has 2 N–H and O–H groups in total. The minimum absolute atomic E-state index is 0.105. The molecule has 0 saturated carbocycles. The number of ether oxygens (including phenoxy) is 1. The molecule has 6 heteroatoms. The Morgan fingerprint density at radius 2 is 2.21 bits per heavy atom. The predicted molar refractivity (Wildman–Crippen MR) is 77.6 cm³/mol. The van der Waals surface area contributed by atoms with Gasteiger partial charge in [-0.25, -0.2) is 4.98 Å². The lowest BCUT2D eigenvalue weighted by molar-refractivity contribution is 0.126. The van der Waals surface area contributed by atoms with E-state index in [0.29, 0.717) is 24.7 Å². The Hall–Kier alpha value is -0.880. The first-order valence-electron chi connectivity index (χ1n) is 6.42. The fraction of sp³-hybridized carbons (Fsp3) is 0.615. The summed E-state index contributed by atoms with van der Waals surface area (Å²) in [4.78, 5) is 6.55. The molecule has 0 fully saturated rings. The molecule has 0 bridgehead atoms. The molecule has 0 aliphatic rings. The molecule has 0 aromatic carbocycles. The van der Waals surface area contributed by atoms with Crippen LogP contribution < -0.4 is 5.32 Å². The summed E-state index contributed by atoms with van der Waals surface area (Å²) in [6.07, 6.45) is 0. The average Bonchev–Trinajstić information content (AvgIpc) is 2.40. The number of hydrogen-bond donors (Lipinski definition) is 2. The molecule has 5 nitrogen and oxygen atoms in total. The molecular formula is C13H22ClN3O2. The van der Waals surface area contributed by atoms with Gasteiger partial charge in [-0.2, -0.15) is 0 Å². The van der Waals surface area contributed by atoms with E-state index in [-0.39, 0.29) is 6.61 Å². The second-order valence-corrected chi connectivity index (χ2v) is 4.56. The van der Waals surface area contributed by atoms with Gasteiger partial charge >= 0.3 is 0 Å². The quantitative estimate of drug-likeness (QED) is 0.723. The summed E-state index contributed by atoms with van der Waals surface area (Å²) in [5.74, 6) is 0.817. The van der Waals surface area contributed by atoms with Crippen molar-refractivity contribution >= 4 is 17.4 Å². The van der Waals surface area contributed by atoms with Gasteiger partial charge in [0.2, 0.25) is 0 Å². The van der Waals surface area contributed by atoms with E-state index in [0.717, 1.165) is 24.6 Å². The van der Waals surface area contributed by atoms with Crippen LogP contribution in [0, 0.1) is 0 Å². The van der Waals surface area contributed by atoms with E-state index >= 15 is 0 Å². The van der Waals surface area contributed by atoms with Crippen molar-refractivity contribution in [2.45, 2.75) is 13.5 Å². The van der Waals surface area contributed by atoms with Crippen molar-refractivity contribution in [1.29, 1.82) is 0 Å². The SMILES string of the molecule is CCNc1ccc(Cl)c(CN(CCO)CCOC)n1. The number of aliphatic hydroxyl groups excluding tert-OH is 1. The standard InChI is InChI=1S/C13H22ClN3O2/c1-3-15-13-5-4-11(14)12(16-13)10-17(6-8-18)7-9-19-2/h4-5,18H,3,6-10H2,1-2H3,(H,15,16). The van der Waals surface area contributed by atoms with Gasteiger partial charge in [0.25, 0.3) is 0 Å². The highest BCUT2D eigenvalue weighted by Gasteiger charge is 2.10. The molecule has 1 aromatic heterocycles. The van der Waals surface area contributed by atoms with Gasteiger partial charge in [-0.3, -0.25) is 4.90 Å². The van der Waals surface area contributed by atoms with Crippen molar-refractivity contribution in [3.8, 4) is 0 Å². The van der Waals surface area contributed by atoms with Crippen LogP contribution in [0.25, 0.3) is 0 Å². The third-order valence-electron chi connectivity index (χ3n) is 2.68. The second-order valence-electron chi connectivity index (χ2n) is 4.15. The summed E-state index contributed by atoms with van der Waals surface area (Å²) in [6, 6.07) is 3.70.